The molecule has 0 spiro atoms. The molecule has 0 unspecified atom stereocenters. The first-order valence-corrected chi connectivity index (χ1v) is 5.60. The number of rotatable bonds is 4. The summed E-state index contributed by atoms with van der Waals surface area (Å²) in [5, 5.41) is 13.7. The minimum Gasteiger partial charge on any atom is -0.308 e. The normalized spacial score (nSPS) is 11.1. The van der Waals surface area contributed by atoms with Gasteiger partial charge < -0.3 is 4.90 Å². The smallest absolute Gasteiger partial charge is 0.192 e. The van der Waals surface area contributed by atoms with Crippen LogP contribution in [0, 0.1) is 0 Å². The van der Waals surface area contributed by atoms with E-state index in [4.69, 9.17) is 0 Å². The summed E-state index contributed by atoms with van der Waals surface area (Å²) in [5.74, 6) is 0.854. The van der Waals surface area contributed by atoms with Gasteiger partial charge in [-0.3, -0.25) is 0 Å². The molecule has 0 bridgehead atoms. The highest BCUT2D eigenvalue weighted by molar-refractivity contribution is 7.13. The highest BCUT2D eigenvalue weighted by atomic mass is 32.1. The van der Waals surface area contributed by atoms with Gasteiger partial charge in [0.1, 0.15) is 0 Å². The number of aromatic nitrogens is 4. The summed E-state index contributed by atoms with van der Waals surface area (Å²) in [5.41, 5.74) is 0. The fourth-order valence-electron chi connectivity index (χ4n) is 1.23. The van der Waals surface area contributed by atoms with E-state index in [0.717, 1.165) is 23.8 Å². The van der Waals surface area contributed by atoms with Crippen molar-refractivity contribution < 1.29 is 0 Å². The molecule has 0 atom stereocenters. The summed E-state index contributed by atoms with van der Waals surface area (Å²) in [7, 11) is 4.07. The van der Waals surface area contributed by atoms with E-state index in [9.17, 15) is 0 Å². The van der Waals surface area contributed by atoms with Crippen molar-refractivity contribution >= 4 is 11.3 Å². The third kappa shape index (κ3) is 2.40. The van der Waals surface area contributed by atoms with Crippen molar-refractivity contribution in [1.82, 2.24) is 25.1 Å². The second kappa shape index (κ2) is 4.50. The van der Waals surface area contributed by atoms with Crippen LogP contribution in [0.5, 0.6) is 0 Å². The minimum atomic E-state index is 0.813. The first kappa shape index (κ1) is 10.3. The molecule has 0 saturated heterocycles. The molecule has 15 heavy (non-hydrogen) atoms. The largest absolute Gasteiger partial charge is 0.308 e. The van der Waals surface area contributed by atoms with Gasteiger partial charge in [-0.05, 0) is 36.0 Å². The van der Waals surface area contributed by atoms with E-state index < -0.39 is 0 Å². The number of hydrogen-bond acceptors (Lipinski definition) is 5. The number of likely N-dealkylation sites (N-methyl/N-ethyl adjacent to an activating group) is 1. The zero-order chi connectivity index (χ0) is 10.7. The van der Waals surface area contributed by atoms with Gasteiger partial charge in [-0.25, -0.2) is 4.68 Å². The number of thiophene rings is 1. The Morgan fingerprint density at radius 1 is 1.47 bits per heavy atom. The monoisotopic (exact) mass is 223 g/mol. The van der Waals surface area contributed by atoms with Crippen LogP contribution in [-0.4, -0.2) is 45.7 Å². The van der Waals surface area contributed by atoms with Gasteiger partial charge in [0.15, 0.2) is 5.82 Å². The van der Waals surface area contributed by atoms with Gasteiger partial charge in [0.2, 0.25) is 0 Å². The summed E-state index contributed by atoms with van der Waals surface area (Å²) in [4.78, 5) is 3.22. The van der Waals surface area contributed by atoms with Crippen molar-refractivity contribution in [3.8, 4) is 10.7 Å². The second-order valence-electron chi connectivity index (χ2n) is 3.51. The Bertz CT molecular complexity index is 406. The van der Waals surface area contributed by atoms with E-state index in [1.807, 2.05) is 36.3 Å². The molecular formula is C9H13N5S. The number of tetrazole rings is 1. The molecular weight excluding hydrogens is 210 g/mol. The minimum absolute atomic E-state index is 0.813. The van der Waals surface area contributed by atoms with Gasteiger partial charge in [-0.15, -0.1) is 16.4 Å². The molecule has 6 heteroatoms. The maximum Gasteiger partial charge on any atom is 0.192 e. The van der Waals surface area contributed by atoms with Crippen LogP contribution in [0.4, 0.5) is 0 Å². The van der Waals surface area contributed by atoms with Crippen molar-refractivity contribution in [2.75, 3.05) is 20.6 Å². The first-order chi connectivity index (χ1) is 7.27. The lowest BCUT2D eigenvalue weighted by atomic mass is 10.4. The summed E-state index contributed by atoms with van der Waals surface area (Å²) in [6.45, 7) is 1.75. The van der Waals surface area contributed by atoms with Crippen LogP contribution in [0.2, 0.25) is 0 Å². The predicted molar refractivity (Wildman–Crippen MR) is 59.7 cm³/mol. The Labute approximate surface area is 92.3 Å². The molecule has 0 amide bonds. The molecule has 0 aliphatic rings. The molecule has 0 aliphatic heterocycles. The topological polar surface area (TPSA) is 46.8 Å². The molecule has 0 aliphatic carbocycles. The average Bonchev–Trinajstić information content (AvgIpc) is 2.85. The summed E-state index contributed by atoms with van der Waals surface area (Å²) < 4.78 is 1.84. The van der Waals surface area contributed by atoms with Gasteiger partial charge in [0.05, 0.1) is 11.4 Å². The molecule has 80 valence electrons. The van der Waals surface area contributed by atoms with E-state index in [2.05, 4.69) is 20.4 Å². The summed E-state index contributed by atoms with van der Waals surface area (Å²) in [6, 6.07) is 4.04. The lowest BCUT2D eigenvalue weighted by Crippen LogP contribution is -2.19. The number of nitrogens with zero attached hydrogens (tertiary/aromatic N) is 5. The van der Waals surface area contributed by atoms with Crippen molar-refractivity contribution in [1.29, 1.82) is 0 Å². The molecule has 2 rings (SSSR count). The second-order valence-corrected chi connectivity index (χ2v) is 4.45. The zero-order valence-electron chi connectivity index (χ0n) is 8.79. The number of hydrogen-bond donors (Lipinski definition) is 0. The average molecular weight is 223 g/mol. The van der Waals surface area contributed by atoms with Crippen LogP contribution in [0.1, 0.15) is 0 Å². The van der Waals surface area contributed by atoms with Crippen LogP contribution in [0.3, 0.4) is 0 Å². The van der Waals surface area contributed by atoms with Crippen LogP contribution >= 0.6 is 11.3 Å². The van der Waals surface area contributed by atoms with E-state index in [0.29, 0.717) is 0 Å². The van der Waals surface area contributed by atoms with E-state index >= 15 is 0 Å². The highest BCUT2D eigenvalue weighted by Gasteiger charge is 2.09. The van der Waals surface area contributed by atoms with Crippen molar-refractivity contribution in [2.45, 2.75) is 6.54 Å². The van der Waals surface area contributed by atoms with Crippen LogP contribution in [0.15, 0.2) is 17.5 Å². The van der Waals surface area contributed by atoms with E-state index in [-0.39, 0.29) is 0 Å². The first-order valence-electron chi connectivity index (χ1n) is 4.72. The van der Waals surface area contributed by atoms with Crippen molar-refractivity contribution in [3.05, 3.63) is 17.5 Å². The molecule has 0 fully saturated rings. The SMILES string of the molecule is CN(C)CCn1nnnc1-c1cccs1. The predicted octanol–water partition coefficient (Wildman–Crippen LogP) is 0.963. The fraction of sp³-hybridized carbons (Fsp3) is 0.444. The highest BCUT2D eigenvalue weighted by Crippen LogP contribution is 2.21. The van der Waals surface area contributed by atoms with Crippen LogP contribution in [-0.2, 0) is 6.54 Å². The van der Waals surface area contributed by atoms with Gasteiger partial charge in [-0.2, -0.15) is 0 Å². The standard InChI is InChI=1S/C9H13N5S/c1-13(2)5-6-14-9(10-11-12-14)8-4-3-7-15-8/h3-4,7H,5-6H2,1-2H3. The van der Waals surface area contributed by atoms with E-state index in [1.165, 1.54) is 0 Å². The van der Waals surface area contributed by atoms with Crippen LogP contribution in [0.25, 0.3) is 10.7 Å². The summed E-state index contributed by atoms with van der Waals surface area (Å²) >= 11 is 1.65. The molecule has 0 aromatic carbocycles. The molecule has 2 heterocycles. The molecule has 0 saturated carbocycles. The third-order valence-corrected chi connectivity index (χ3v) is 2.90. The Hall–Kier alpha value is -1.27. The van der Waals surface area contributed by atoms with Crippen molar-refractivity contribution in [3.63, 3.8) is 0 Å². The Morgan fingerprint density at radius 3 is 3.00 bits per heavy atom. The molecule has 0 radical (unpaired) electrons. The lowest BCUT2D eigenvalue weighted by Gasteiger charge is -2.09. The fourth-order valence-corrected chi connectivity index (χ4v) is 1.94. The Balaban J connectivity index is 2.16. The Morgan fingerprint density at radius 2 is 2.33 bits per heavy atom. The Kier molecular flexibility index (Phi) is 3.08. The summed E-state index contributed by atoms with van der Waals surface area (Å²) in [6.07, 6.45) is 0. The van der Waals surface area contributed by atoms with Crippen molar-refractivity contribution in [2.24, 2.45) is 0 Å². The van der Waals surface area contributed by atoms with Gasteiger partial charge in [0.25, 0.3) is 0 Å². The molecule has 2 aromatic heterocycles. The van der Waals surface area contributed by atoms with E-state index in [1.54, 1.807) is 11.3 Å². The van der Waals surface area contributed by atoms with Crippen LogP contribution < -0.4 is 0 Å². The lowest BCUT2D eigenvalue weighted by molar-refractivity contribution is 0.372. The molecule has 0 N–H and O–H groups in total. The molecule has 5 nitrogen and oxygen atoms in total. The quantitative estimate of drug-likeness (QED) is 0.774. The zero-order valence-corrected chi connectivity index (χ0v) is 9.61. The maximum atomic E-state index is 4.03. The molecule has 2 aromatic rings. The third-order valence-electron chi connectivity index (χ3n) is 2.03. The van der Waals surface area contributed by atoms with Gasteiger partial charge in [-0.1, -0.05) is 6.07 Å². The van der Waals surface area contributed by atoms with Gasteiger partial charge in [0, 0.05) is 6.54 Å². The van der Waals surface area contributed by atoms with Gasteiger partial charge >= 0.3 is 0 Å². The maximum absolute atomic E-state index is 4.03.